The molecule has 3 nitrogen and oxygen atoms in total. The SMILES string of the molecule is CC(=O)N1CCN(Cc2c(F)cc(Br)cc2F)CC1. The van der Waals surface area contributed by atoms with E-state index in [-0.39, 0.29) is 18.0 Å². The summed E-state index contributed by atoms with van der Waals surface area (Å²) in [6.45, 7) is 4.24. The molecule has 6 heteroatoms. The number of amides is 1. The molecule has 1 saturated heterocycles. The summed E-state index contributed by atoms with van der Waals surface area (Å²) in [6, 6.07) is 2.54. The number of piperazine rings is 1. The van der Waals surface area contributed by atoms with Crippen molar-refractivity contribution >= 4 is 21.8 Å². The van der Waals surface area contributed by atoms with Gasteiger partial charge in [-0.2, -0.15) is 0 Å². The Hall–Kier alpha value is -1.01. The highest BCUT2D eigenvalue weighted by Crippen LogP contribution is 2.21. The van der Waals surface area contributed by atoms with E-state index in [9.17, 15) is 13.6 Å². The zero-order chi connectivity index (χ0) is 14.0. The molecule has 1 aromatic rings. The van der Waals surface area contributed by atoms with Crippen molar-refractivity contribution in [3.63, 3.8) is 0 Å². The topological polar surface area (TPSA) is 23.6 Å². The zero-order valence-corrected chi connectivity index (χ0v) is 12.2. The van der Waals surface area contributed by atoms with Gasteiger partial charge in [-0.1, -0.05) is 15.9 Å². The van der Waals surface area contributed by atoms with Crippen LogP contribution in [-0.2, 0) is 11.3 Å². The summed E-state index contributed by atoms with van der Waals surface area (Å²) in [4.78, 5) is 14.9. The molecule has 0 spiro atoms. The second-order valence-corrected chi connectivity index (χ2v) is 5.55. The molecule has 1 aliphatic rings. The van der Waals surface area contributed by atoms with Gasteiger partial charge < -0.3 is 4.90 Å². The largest absolute Gasteiger partial charge is 0.340 e. The molecule has 1 aromatic carbocycles. The highest BCUT2D eigenvalue weighted by atomic mass is 79.9. The molecule has 0 atom stereocenters. The van der Waals surface area contributed by atoms with Crippen molar-refractivity contribution < 1.29 is 13.6 Å². The molecule has 1 amide bonds. The lowest BCUT2D eigenvalue weighted by atomic mass is 10.1. The van der Waals surface area contributed by atoms with Gasteiger partial charge in [-0.05, 0) is 12.1 Å². The third-order valence-electron chi connectivity index (χ3n) is 3.31. The average molecular weight is 333 g/mol. The van der Waals surface area contributed by atoms with Crippen molar-refractivity contribution in [1.82, 2.24) is 9.80 Å². The highest BCUT2D eigenvalue weighted by Gasteiger charge is 2.21. The van der Waals surface area contributed by atoms with E-state index in [0.717, 1.165) is 0 Å². The van der Waals surface area contributed by atoms with Crippen LogP contribution >= 0.6 is 15.9 Å². The Morgan fingerprint density at radius 1 is 1.21 bits per heavy atom. The summed E-state index contributed by atoms with van der Waals surface area (Å²) in [7, 11) is 0. The number of halogens is 3. The lowest BCUT2D eigenvalue weighted by Crippen LogP contribution is -2.47. The number of hydrogen-bond acceptors (Lipinski definition) is 2. The summed E-state index contributed by atoms with van der Waals surface area (Å²) in [5.74, 6) is -1.04. The molecular weight excluding hydrogens is 318 g/mol. The second kappa shape index (κ2) is 5.96. The van der Waals surface area contributed by atoms with Gasteiger partial charge in [0, 0.05) is 49.7 Å². The van der Waals surface area contributed by atoms with Gasteiger partial charge in [0.05, 0.1) is 0 Å². The summed E-state index contributed by atoms with van der Waals surface area (Å²) in [5.41, 5.74) is 0.0828. The molecule has 0 bridgehead atoms. The molecule has 19 heavy (non-hydrogen) atoms. The van der Waals surface area contributed by atoms with E-state index in [4.69, 9.17) is 0 Å². The van der Waals surface area contributed by atoms with Crippen molar-refractivity contribution in [2.24, 2.45) is 0 Å². The third-order valence-corrected chi connectivity index (χ3v) is 3.76. The normalized spacial score (nSPS) is 16.7. The van der Waals surface area contributed by atoms with Crippen LogP contribution in [0.2, 0.25) is 0 Å². The van der Waals surface area contributed by atoms with Crippen LogP contribution in [0.5, 0.6) is 0 Å². The van der Waals surface area contributed by atoms with Crippen LogP contribution in [0.25, 0.3) is 0 Å². The van der Waals surface area contributed by atoms with Crippen LogP contribution in [0, 0.1) is 11.6 Å². The number of hydrogen-bond donors (Lipinski definition) is 0. The summed E-state index contributed by atoms with van der Waals surface area (Å²) < 4.78 is 27.8. The van der Waals surface area contributed by atoms with E-state index in [1.54, 1.807) is 4.90 Å². The first-order chi connectivity index (χ1) is 8.97. The number of rotatable bonds is 2. The van der Waals surface area contributed by atoms with E-state index in [0.29, 0.717) is 30.7 Å². The first-order valence-electron chi connectivity index (χ1n) is 6.08. The Labute approximate surface area is 119 Å². The van der Waals surface area contributed by atoms with Gasteiger partial charge in [0.1, 0.15) is 11.6 Å². The molecule has 0 N–H and O–H groups in total. The third kappa shape index (κ3) is 3.51. The predicted octanol–water partition coefficient (Wildman–Crippen LogP) is 2.39. The Bertz CT molecular complexity index is 465. The van der Waals surface area contributed by atoms with Crippen molar-refractivity contribution in [3.8, 4) is 0 Å². The lowest BCUT2D eigenvalue weighted by molar-refractivity contribution is -0.130. The predicted molar refractivity (Wildman–Crippen MR) is 71.6 cm³/mol. The van der Waals surface area contributed by atoms with Crippen molar-refractivity contribution in [3.05, 3.63) is 33.8 Å². The molecule has 0 radical (unpaired) electrons. The maximum atomic E-state index is 13.7. The van der Waals surface area contributed by atoms with E-state index in [1.807, 2.05) is 4.90 Å². The van der Waals surface area contributed by atoms with E-state index >= 15 is 0 Å². The standard InChI is InChI=1S/C13H15BrF2N2O/c1-9(19)18-4-2-17(3-5-18)8-11-12(15)6-10(14)7-13(11)16/h6-7H,2-5,8H2,1H3. The van der Waals surface area contributed by atoms with Gasteiger partial charge in [0.15, 0.2) is 0 Å². The van der Waals surface area contributed by atoms with E-state index in [2.05, 4.69) is 15.9 Å². The van der Waals surface area contributed by atoms with Crippen LogP contribution in [0.3, 0.4) is 0 Å². The fourth-order valence-electron chi connectivity index (χ4n) is 2.17. The maximum absolute atomic E-state index is 13.7. The molecule has 0 unspecified atom stereocenters. The monoisotopic (exact) mass is 332 g/mol. The average Bonchev–Trinajstić information content (AvgIpc) is 2.34. The fraction of sp³-hybridized carbons (Fsp3) is 0.462. The Kier molecular flexibility index (Phi) is 4.52. The molecule has 2 rings (SSSR count). The van der Waals surface area contributed by atoms with E-state index < -0.39 is 11.6 Å². The molecular formula is C13H15BrF2N2O. The van der Waals surface area contributed by atoms with Gasteiger partial charge in [-0.15, -0.1) is 0 Å². The van der Waals surface area contributed by atoms with Gasteiger partial charge in [0.2, 0.25) is 5.91 Å². The first-order valence-corrected chi connectivity index (χ1v) is 6.88. The lowest BCUT2D eigenvalue weighted by Gasteiger charge is -2.34. The molecule has 1 aliphatic heterocycles. The summed E-state index contributed by atoms with van der Waals surface area (Å²) in [6.07, 6.45) is 0. The van der Waals surface area contributed by atoms with E-state index in [1.165, 1.54) is 19.1 Å². The molecule has 0 aliphatic carbocycles. The summed E-state index contributed by atoms with van der Waals surface area (Å²) >= 11 is 3.06. The minimum atomic E-state index is -0.541. The van der Waals surface area contributed by atoms with Crippen LogP contribution in [0.1, 0.15) is 12.5 Å². The smallest absolute Gasteiger partial charge is 0.219 e. The van der Waals surface area contributed by atoms with Crippen LogP contribution < -0.4 is 0 Å². The molecule has 1 heterocycles. The summed E-state index contributed by atoms with van der Waals surface area (Å²) in [5, 5.41) is 0. The van der Waals surface area contributed by atoms with Crippen LogP contribution in [-0.4, -0.2) is 41.9 Å². The van der Waals surface area contributed by atoms with Gasteiger partial charge in [-0.3, -0.25) is 9.69 Å². The quantitative estimate of drug-likeness (QED) is 0.830. The zero-order valence-electron chi connectivity index (χ0n) is 10.6. The minimum absolute atomic E-state index is 0.0423. The van der Waals surface area contributed by atoms with Crippen molar-refractivity contribution in [1.29, 1.82) is 0 Å². The molecule has 1 fully saturated rings. The number of carbonyl (C=O) groups is 1. The van der Waals surface area contributed by atoms with Crippen LogP contribution in [0.15, 0.2) is 16.6 Å². The Morgan fingerprint density at radius 3 is 2.21 bits per heavy atom. The molecule has 104 valence electrons. The minimum Gasteiger partial charge on any atom is -0.340 e. The van der Waals surface area contributed by atoms with Gasteiger partial charge in [-0.25, -0.2) is 8.78 Å². The van der Waals surface area contributed by atoms with Crippen LogP contribution in [0.4, 0.5) is 8.78 Å². The van der Waals surface area contributed by atoms with Gasteiger partial charge in [0.25, 0.3) is 0 Å². The number of benzene rings is 1. The molecule has 0 aromatic heterocycles. The van der Waals surface area contributed by atoms with Gasteiger partial charge >= 0.3 is 0 Å². The first kappa shape index (κ1) is 14.4. The second-order valence-electron chi connectivity index (χ2n) is 4.63. The molecule has 0 saturated carbocycles. The van der Waals surface area contributed by atoms with Crippen molar-refractivity contribution in [2.45, 2.75) is 13.5 Å². The Morgan fingerprint density at radius 2 is 1.74 bits per heavy atom. The highest BCUT2D eigenvalue weighted by molar-refractivity contribution is 9.10. The Balaban J connectivity index is 2.02. The number of nitrogens with zero attached hydrogens (tertiary/aromatic N) is 2. The van der Waals surface area contributed by atoms with Crippen molar-refractivity contribution in [2.75, 3.05) is 26.2 Å². The maximum Gasteiger partial charge on any atom is 0.219 e. The fourth-order valence-corrected chi connectivity index (χ4v) is 2.57. The number of carbonyl (C=O) groups excluding carboxylic acids is 1.